The third-order valence-electron chi connectivity index (χ3n) is 7.14. The summed E-state index contributed by atoms with van der Waals surface area (Å²) in [4.78, 5) is 1.21. The van der Waals surface area contributed by atoms with Crippen LogP contribution in [0.15, 0.2) is 47.4 Å². The number of hydrogen-bond acceptors (Lipinski definition) is 4. The summed E-state index contributed by atoms with van der Waals surface area (Å²) in [6.07, 6.45) is 2.87. The first-order valence-corrected chi connectivity index (χ1v) is 16.2. The summed E-state index contributed by atoms with van der Waals surface area (Å²) in [5.74, 6) is 6.13. The molecule has 0 fully saturated rings. The number of benzene rings is 2. The highest BCUT2D eigenvalue weighted by molar-refractivity contribution is 7.97. The lowest BCUT2D eigenvalue weighted by atomic mass is 10.1. The smallest absolute Gasteiger partial charge is 0.382 e. The van der Waals surface area contributed by atoms with Crippen LogP contribution in [0.5, 0.6) is 0 Å². The Morgan fingerprint density at radius 1 is 0.905 bits per heavy atom. The van der Waals surface area contributed by atoms with Gasteiger partial charge in [0, 0.05) is 40.8 Å². The molecule has 2 N–H and O–H groups in total. The summed E-state index contributed by atoms with van der Waals surface area (Å²) in [7, 11) is 0. The van der Waals surface area contributed by atoms with Gasteiger partial charge in [-0.25, -0.2) is 4.31 Å². The van der Waals surface area contributed by atoms with E-state index in [-0.39, 0.29) is 6.04 Å². The fourth-order valence-corrected chi connectivity index (χ4v) is 6.46. The summed E-state index contributed by atoms with van der Waals surface area (Å²) in [5.41, 5.74) is 3.99. The predicted octanol–water partition coefficient (Wildman–Crippen LogP) is 9.74. The van der Waals surface area contributed by atoms with Crippen molar-refractivity contribution in [3.05, 3.63) is 53.7 Å². The van der Waals surface area contributed by atoms with Crippen molar-refractivity contribution < 1.29 is 13.2 Å². The molecule has 0 aliphatic carbocycles. The first kappa shape index (κ1) is 33.7. The molecule has 2 aromatic carbocycles. The van der Waals surface area contributed by atoms with E-state index in [9.17, 15) is 13.2 Å². The quantitative estimate of drug-likeness (QED) is 0.127. The van der Waals surface area contributed by atoms with Gasteiger partial charge in [0.1, 0.15) is 6.54 Å². The molecule has 0 radical (unpaired) electrons. The lowest BCUT2D eigenvalue weighted by Gasteiger charge is -2.20. The fraction of sp³-hybridized carbons (Fsp3) is 0.529. The number of fused-ring (bicyclic) bond motifs is 1. The van der Waals surface area contributed by atoms with Crippen LogP contribution in [-0.4, -0.2) is 40.7 Å². The second-order valence-corrected chi connectivity index (χ2v) is 11.9. The third-order valence-corrected chi connectivity index (χ3v) is 8.23. The number of halogens is 3. The summed E-state index contributed by atoms with van der Waals surface area (Å²) in [5, 5.41) is 7.77. The normalized spacial score (nSPS) is 11.8. The Morgan fingerprint density at radius 3 is 2.24 bits per heavy atom. The Hall–Kier alpha value is -2.76. The van der Waals surface area contributed by atoms with Crippen molar-refractivity contribution in [2.24, 2.45) is 0 Å². The number of alkyl halides is 3. The summed E-state index contributed by atoms with van der Waals surface area (Å²) in [6, 6.07) is 14.0. The van der Waals surface area contributed by atoms with Crippen molar-refractivity contribution in [3.63, 3.8) is 0 Å². The molecule has 0 saturated carbocycles. The number of rotatable bonds is 16. The lowest BCUT2D eigenvalue weighted by Crippen LogP contribution is -2.19. The molecule has 8 heteroatoms. The van der Waals surface area contributed by atoms with Gasteiger partial charge in [0.25, 0.3) is 0 Å². The summed E-state index contributed by atoms with van der Waals surface area (Å²) in [6.45, 7) is 12.2. The van der Waals surface area contributed by atoms with Crippen molar-refractivity contribution in [2.75, 3.05) is 30.3 Å². The molecule has 0 atom stereocenters. The predicted molar refractivity (Wildman–Crippen MR) is 174 cm³/mol. The SMILES string of the molecule is CCCC(CCC)Nc1cccc2c1cc(C#CCNc1ccc(SN(CCC)CCC)cc1CC)n2CC(F)(F)F. The van der Waals surface area contributed by atoms with Gasteiger partial charge in [-0.05, 0) is 91.9 Å². The molecule has 230 valence electrons. The van der Waals surface area contributed by atoms with Gasteiger partial charge < -0.3 is 15.2 Å². The standard InChI is InChI=1S/C34H47F3N4S/c1-6-13-27(14-7-2)39-32-16-11-17-33-30(32)24-28(41(33)25-34(35,36)37)15-12-20-38-31-19-18-29(23-26(31)10-5)42-40(21-8-3)22-9-4/h11,16-19,23-24,27,38-39H,6-10,13-14,20-22,25H2,1-5H3. The zero-order chi connectivity index (χ0) is 30.5. The van der Waals surface area contributed by atoms with Gasteiger partial charge in [0.15, 0.2) is 0 Å². The fourth-order valence-electron chi connectivity index (χ4n) is 5.29. The van der Waals surface area contributed by atoms with Crippen LogP contribution >= 0.6 is 11.9 Å². The number of hydrogen-bond donors (Lipinski definition) is 2. The van der Waals surface area contributed by atoms with Gasteiger partial charge in [0.2, 0.25) is 0 Å². The maximum absolute atomic E-state index is 13.6. The van der Waals surface area contributed by atoms with Crippen molar-refractivity contribution in [2.45, 2.75) is 103 Å². The molecule has 0 aliphatic heterocycles. The maximum Gasteiger partial charge on any atom is 0.406 e. The van der Waals surface area contributed by atoms with Gasteiger partial charge >= 0.3 is 6.18 Å². The molecule has 0 amide bonds. The lowest BCUT2D eigenvalue weighted by molar-refractivity contribution is -0.140. The van der Waals surface area contributed by atoms with E-state index in [1.807, 2.05) is 12.1 Å². The number of nitrogens with zero attached hydrogens (tertiary/aromatic N) is 2. The number of nitrogens with one attached hydrogen (secondary N) is 2. The molecule has 3 rings (SSSR count). The Morgan fingerprint density at radius 2 is 1.62 bits per heavy atom. The van der Waals surface area contributed by atoms with Crippen LogP contribution in [-0.2, 0) is 13.0 Å². The highest BCUT2D eigenvalue weighted by atomic mass is 32.2. The molecule has 1 aromatic heterocycles. The monoisotopic (exact) mass is 600 g/mol. The highest BCUT2D eigenvalue weighted by Crippen LogP contribution is 2.31. The second kappa shape index (κ2) is 16.8. The van der Waals surface area contributed by atoms with Gasteiger partial charge in [-0.3, -0.25) is 0 Å². The topological polar surface area (TPSA) is 32.2 Å². The molecule has 0 spiro atoms. The second-order valence-electron chi connectivity index (χ2n) is 10.7. The number of anilines is 2. The van der Waals surface area contributed by atoms with Crippen LogP contribution in [0, 0.1) is 11.8 Å². The Labute approximate surface area is 255 Å². The van der Waals surface area contributed by atoms with Crippen molar-refractivity contribution in [3.8, 4) is 11.8 Å². The Balaban J connectivity index is 1.83. The average molecular weight is 601 g/mol. The van der Waals surface area contributed by atoms with Crippen LogP contribution in [0.4, 0.5) is 24.5 Å². The summed E-state index contributed by atoms with van der Waals surface area (Å²) < 4.78 is 44.6. The van der Waals surface area contributed by atoms with Crippen molar-refractivity contribution in [1.29, 1.82) is 0 Å². The molecule has 0 saturated heterocycles. The van der Waals surface area contributed by atoms with Crippen LogP contribution < -0.4 is 10.6 Å². The minimum Gasteiger partial charge on any atom is -0.382 e. The minimum atomic E-state index is -4.35. The molecule has 4 nitrogen and oxygen atoms in total. The average Bonchev–Trinajstić information content (AvgIpc) is 3.28. The molecule has 0 unspecified atom stereocenters. The molecule has 0 bridgehead atoms. The van der Waals surface area contributed by atoms with Crippen LogP contribution in [0.3, 0.4) is 0 Å². The maximum atomic E-state index is 13.6. The van der Waals surface area contributed by atoms with Crippen LogP contribution in [0.25, 0.3) is 10.9 Å². The van der Waals surface area contributed by atoms with E-state index in [0.29, 0.717) is 17.8 Å². The van der Waals surface area contributed by atoms with Crippen molar-refractivity contribution >= 4 is 34.2 Å². The van der Waals surface area contributed by atoms with Gasteiger partial charge in [-0.1, -0.05) is 59.4 Å². The van der Waals surface area contributed by atoms with E-state index < -0.39 is 12.7 Å². The first-order valence-electron chi connectivity index (χ1n) is 15.5. The zero-order valence-corrected chi connectivity index (χ0v) is 26.7. The molecular formula is C34H47F3N4S. The molecule has 1 heterocycles. The van der Waals surface area contributed by atoms with Crippen LogP contribution in [0.2, 0.25) is 0 Å². The van der Waals surface area contributed by atoms with Gasteiger partial charge in [-0.15, -0.1) is 0 Å². The minimum absolute atomic E-state index is 0.286. The van der Waals surface area contributed by atoms with Crippen LogP contribution in [0.1, 0.15) is 84.4 Å². The molecule has 3 aromatic rings. The van der Waals surface area contributed by atoms with E-state index in [4.69, 9.17) is 0 Å². The van der Waals surface area contributed by atoms with E-state index in [0.717, 1.165) is 74.8 Å². The Kier molecular flexibility index (Phi) is 13.5. The zero-order valence-electron chi connectivity index (χ0n) is 25.8. The van der Waals surface area contributed by atoms with E-state index in [1.165, 1.54) is 15.0 Å². The van der Waals surface area contributed by atoms with E-state index in [1.54, 1.807) is 24.1 Å². The third kappa shape index (κ3) is 9.91. The highest BCUT2D eigenvalue weighted by Gasteiger charge is 2.30. The van der Waals surface area contributed by atoms with E-state index in [2.05, 4.69) is 79.6 Å². The van der Waals surface area contributed by atoms with Gasteiger partial charge in [-0.2, -0.15) is 13.2 Å². The molecule has 0 aliphatic rings. The molecular weight excluding hydrogens is 553 g/mol. The van der Waals surface area contributed by atoms with E-state index >= 15 is 0 Å². The molecule has 42 heavy (non-hydrogen) atoms. The largest absolute Gasteiger partial charge is 0.406 e. The Bertz CT molecular complexity index is 1310. The first-order chi connectivity index (χ1) is 20.2. The van der Waals surface area contributed by atoms with Gasteiger partial charge in [0.05, 0.1) is 17.8 Å². The summed E-state index contributed by atoms with van der Waals surface area (Å²) >= 11 is 1.80. The number of aryl methyl sites for hydroxylation is 1. The number of aromatic nitrogens is 1. The van der Waals surface area contributed by atoms with Crippen molar-refractivity contribution in [1.82, 2.24) is 8.87 Å².